The van der Waals surface area contributed by atoms with E-state index < -0.39 is 0 Å². The lowest BCUT2D eigenvalue weighted by Crippen LogP contribution is -2.33. The SMILES string of the molecule is Clc1cc2c(s1)CCCC2NCCN1CCCC1. The van der Waals surface area contributed by atoms with Crippen LogP contribution in [0.2, 0.25) is 4.34 Å². The maximum atomic E-state index is 6.14. The van der Waals surface area contributed by atoms with E-state index in [4.69, 9.17) is 11.6 Å². The van der Waals surface area contributed by atoms with Gasteiger partial charge in [0.15, 0.2) is 0 Å². The molecule has 1 saturated heterocycles. The number of fused-ring (bicyclic) bond motifs is 1. The van der Waals surface area contributed by atoms with E-state index in [0.717, 1.165) is 10.9 Å². The molecule has 1 atom stereocenters. The molecule has 1 aromatic heterocycles. The second kappa shape index (κ2) is 5.91. The Kier molecular flexibility index (Phi) is 4.24. The summed E-state index contributed by atoms with van der Waals surface area (Å²) >= 11 is 7.90. The summed E-state index contributed by atoms with van der Waals surface area (Å²) in [6.45, 7) is 4.89. The van der Waals surface area contributed by atoms with Crippen LogP contribution in [0, 0.1) is 0 Å². The molecule has 1 N–H and O–H groups in total. The molecule has 2 heterocycles. The van der Waals surface area contributed by atoms with Gasteiger partial charge in [0.05, 0.1) is 4.34 Å². The maximum Gasteiger partial charge on any atom is 0.0934 e. The van der Waals surface area contributed by atoms with E-state index in [9.17, 15) is 0 Å². The molecule has 0 bridgehead atoms. The van der Waals surface area contributed by atoms with Crippen LogP contribution in [0.1, 0.15) is 42.2 Å². The van der Waals surface area contributed by atoms with Crippen LogP contribution in [0.15, 0.2) is 6.07 Å². The van der Waals surface area contributed by atoms with Crippen molar-refractivity contribution in [3.8, 4) is 0 Å². The molecule has 2 aliphatic rings. The molecule has 0 spiro atoms. The van der Waals surface area contributed by atoms with Crippen molar-refractivity contribution in [2.24, 2.45) is 0 Å². The topological polar surface area (TPSA) is 15.3 Å². The van der Waals surface area contributed by atoms with Gasteiger partial charge in [-0.3, -0.25) is 0 Å². The number of likely N-dealkylation sites (tertiary alicyclic amines) is 1. The lowest BCUT2D eigenvalue weighted by atomic mass is 9.94. The van der Waals surface area contributed by atoms with Crippen LogP contribution in [0.4, 0.5) is 0 Å². The van der Waals surface area contributed by atoms with Gasteiger partial charge < -0.3 is 10.2 Å². The van der Waals surface area contributed by atoms with Crippen LogP contribution in [-0.4, -0.2) is 31.1 Å². The molecule has 18 heavy (non-hydrogen) atoms. The predicted molar refractivity (Wildman–Crippen MR) is 78.7 cm³/mol. The van der Waals surface area contributed by atoms with Crippen LogP contribution >= 0.6 is 22.9 Å². The maximum absolute atomic E-state index is 6.14. The summed E-state index contributed by atoms with van der Waals surface area (Å²) in [7, 11) is 0. The highest BCUT2D eigenvalue weighted by Gasteiger charge is 2.22. The zero-order chi connectivity index (χ0) is 12.4. The van der Waals surface area contributed by atoms with Crippen molar-refractivity contribution in [2.75, 3.05) is 26.2 Å². The monoisotopic (exact) mass is 284 g/mol. The molecule has 1 aromatic rings. The van der Waals surface area contributed by atoms with Crippen molar-refractivity contribution in [1.82, 2.24) is 10.2 Å². The van der Waals surface area contributed by atoms with Crippen LogP contribution in [0.5, 0.6) is 0 Å². The number of hydrogen-bond donors (Lipinski definition) is 1. The molecule has 0 amide bonds. The van der Waals surface area contributed by atoms with Crippen molar-refractivity contribution in [2.45, 2.75) is 38.1 Å². The Morgan fingerprint density at radius 3 is 3.00 bits per heavy atom. The zero-order valence-corrected chi connectivity index (χ0v) is 12.3. The third kappa shape index (κ3) is 2.90. The fraction of sp³-hybridized carbons (Fsp3) is 0.714. The summed E-state index contributed by atoms with van der Waals surface area (Å²) in [5, 5.41) is 3.72. The summed E-state index contributed by atoms with van der Waals surface area (Å²) in [5.41, 5.74) is 1.47. The normalized spacial score (nSPS) is 24.4. The van der Waals surface area contributed by atoms with Gasteiger partial charge in [-0.1, -0.05) is 11.6 Å². The minimum absolute atomic E-state index is 0.542. The van der Waals surface area contributed by atoms with Crippen molar-refractivity contribution < 1.29 is 0 Å². The second-order valence-electron chi connectivity index (χ2n) is 5.38. The smallest absolute Gasteiger partial charge is 0.0934 e. The van der Waals surface area contributed by atoms with E-state index >= 15 is 0 Å². The highest BCUT2D eigenvalue weighted by molar-refractivity contribution is 7.16. The summed E-state index contributed by atoms with van der Waals surface area (Å²) in [5.74, 6) is 0. The number of aryl methyl sites for hydroxylation is 1. The molecule has 0 aromatic carbocycles. The predicted octanol–water partition coefficient (Wildman–Crippen LogP) is 3.46. The van der Waals surface area contributed by atoms with Gasteiger partial charge in [0.1, 0.15) is 0 Å². The molecule has 2 nitrogen and oxygen atoms in total. The first-order valence-corrected chi connectivity index (χ1v) is 8.26. The van der Waals surface area contributed by atoms with Gasteiger partial charge in [0.25, 0.3) is 0 Å². The van der Waals surface area contributed by atoms with E-state index in [1.54, 1.807) is 11.3 Å². The van der Waals surface area contributed by atoms with Gasteiger partial charge >= 0.3 is 0 Å². The summed E-state index contributed by atoms with van der Waals surface area (Å²) in [6, 6.07) is 2.72. The number of thiophene rings is 1. The molecule has 3 rings (SSSR count). The number of nitrogens with zero attached hydrogens (tertiary/aromatic N) is 1. The third-order valence-corrected chi connectivity index (χ3v) is 5.44. The van der Waals surface area contributed by atoms with Gasteiger partial charge in [-0.15, -0.1) is 11.3 Å². The minimum Gasteiger partial charge on any atom is -0.309 e. The molecule has 4 heteroatoms. The second-order valence-corrected chi connectivity index (χ2v) is 7.14. The summed E-state index contributed by atoms with van der Waals surface area (Å²) in [6.07, 6.45) is 6.55. The van der Waals surface area contributed by atoms with Gasteiger partial charge in [0.2, 0.25) is 0 Å². The fourth-order valence-corrected chi connectivity index (χ4v) is 4.52. The van der Waals surface area contributed by atoms with Crippen molar-refractivity contribution >= 4 is 22.9 Å². The summed E-state index contributed by atoms with van der Waals surface area (Å²) < 4.78 is 0.952. The first-order chi connectivity index (χ1) is 8.83. The van der Waals surface area contributed by atoms with Crippen LogP contribution in [0.3, 0.4) is 0 Å². The fourth-order valence-electron chi connectivity index (χ4n) is 3.14. The highest BCUT2D eigenvalue weighted by atomic mass is 35.5. The Balaban J connectivity index is 1.53. The molecular weight excluding hydrogens is 264 g/mol. The van der Waals surface area contributed by atoms with E-state index in [1.165, 1.54) is 62.2 Å². The van der Waals surface area contributed by atoms with Crippen molar-refractivity contribution in [1.29, 1.82) is 0 Å². The number of halogens is 1. The quantitative estimate of drug-likeness (QED) is 0.911. The Morgan fingerprint density at radius 1 is 1.33 bits per heavy atom. The molecule has 0 radical (unpaired) electrons. The number of nitrogens with one attached hydrogen (secondary N) is 1. The first kappa shape index (κ1) is 12.9. The van der Waals surface area contributed by atoms with E-state index in [0.29, 0.717) is 6.04 Å². The summed E-state index contributed by atoms with van der Waals surface area (Å²) in [4.78, 5) is 4.07. The highest BCUT2D eigenvalue weighted by Crippen LogP contribution is 2.37. The van der Waals surface area contributed by atoms with Gasteiger partial charge in [0, 0.05) is 24.0 Å². The minimum atomic E-state index is 0.542. The zero-order valence-electron chi connectivity index (χ0n) is 10.8. The van der Waals surface area contributed by atoms with E-state index in [-0.39, 0.29) is 0 Å². The Labute approximate surface area is 118 Å². The average molecular weight is 285 g/mol. The van der Waals surface area contributed by atoms with Crippen molar-refractivity contribution in [3.05, 3.63) is 20.8 Å². The Bertz CT molecular complexity index is 398. The lowest BCUT2D eigenvalue weighted by Gasteiger charge is -2.25. The number of hydrogen-bond acceptors (Lipinski definition) is 3. The van der Waals surface area contributed by atoms with Gasteiger partial charge in [-0.05, 0) is 56.8 Å². The van der Waals surface area contributed by atoms with Crippen LogP contribution < -0.4 is 5.32 Å². The molecule has 0 saturated carbocycles. The molecule has 1 fully saturated rings. The average Bonchev–Trinajstić information content (AvgIpc) is 2.97. The molecule has 1 aliphatic heterocycles. The molecule has 1 aliphatic carbocycles. The first-order valence-electron chi connectivity index (χ1n) is 7.07. The van der Waals surface area contributed by atoms with Crippen molar-refractivity contribution in [3.63, 3.8) is 0 Å². The standard InChI is InChI=1S/C14H21ClN2S/c15-14-10-11-12(4-3-5-13(11)18-14)16-6-9-17-7-1-2-8-17/h10,12,16H,1-9H2. The molecular formula is C14H21ClN2S. The Hall–Kier alpha value is -0.0900. The Morgan fingerprint density at radius 2 is 2.17 bits per heavy atom. The van der Waals surface area contributed by atoms with Crippen LogP contribution in [0.25, 0.3) is 0 Å². The van der Waals surface area contributed by atoms with E-state index in [1.807, 2.05) is 0 Å². The van der Waals surface area contributed by atoms with Gasteiger partial charge in [-0.2, -0.15) is 0 Å². The third-order valence-electron chi connectivity index (χ3n) is 4.10. The molecule has 100 valence electrons. The van der Waals surface area contributed by atoms with Crippen LogP contribution in [-0.2, 0) is 6.42 Å². The van der Waals surface area contributed by atoms with E-state index in [2.05, 4.69) is 16.3 Å². The van der Waals surface area contributed by atoms with Gasteiger partial charge in [-0.25, -0.2) is 0 Å². The number of rotatable bonds is 4. The molecule has 1 unspecified atom stereocenters. The lowest BCUT2D eigenvalue weighted by molar-refractivity contribution is 0.322. The largest absolute Gasteiger partial charge is 0.309 e.